The molecule has 2 rings (SSSR count). The van der Waals surface area contributed by atoms with Crippen molar-refractivity contribution in [2.75, 3.05) is 13.2 Å². The molecule has 3 N–H and O–H groups in total. The van der Waals surface area contributed by atoms with E-state index in [0.717, 1.165) is 32.3 Å². The van der Waals surface area contributed by atoms with Crippen LogP contribution in [0.2, 0.25) is 0 Å². The molecule has 6 nitrogen and oxygen atoms in total. The quantitative estimate of drug-likeness (QED) is 0.676. The number of carboxylic acid groups (broad SMARTS) is 1. The Kier molecular flexibility index (Phi) is 4.41. The molecular weight excluding hydrogens is 236 g/mol. The van der Waals surface area contributed by atoms with Gasteiger partial charge in [0.1, 0.15) is 0 Å². The monoisotopic (exact) mass is 256 g/mol. The van der Waals surface area contributed by atoms with Gasteiger partial charge in [-0.2, -0.15) is 0 Å². The second-order valence-corrected chi connectivity index (χ2v) is 5.07. The van der Waals surface area contributed by atoms with Crippen LogP contribution in [0.3, 0.4) is 0 Å². The standard InChI is InChI=1S/C12H20N2O4/c15-11(16)6-10(8-3-4-8)14-12(17)13-9-2-1-5-18-7-9/h8-10H,1-7H2,(H,15,16)(H2,13,14,17). The van der Waals surface area contributed by atoms with Crippen molar-refractivity contribution in [1.82, 2.24) is 10.6 Å². The Morgan fingerprint density at radius 2 is 2.11 bits per heavy atom. The molecule has 1 aliphatic carbocycles. The number of carbonyl (C=O) groups excluding carboxylic acids is 1. The number of hydrogen-bond acceptors (Lipinski definition) is 3. The van der Waals surface area contributed by atoms with Crippen LogP contribution in [0.5, 0.6) is 0 Å². The number of aliphatic carboxylic acids is 1. The highest BCUT2D eigenvalue weighted by Crippen LogP contribution is 2.33. The lowest BCUT2D eigenvalue weighted by Gasteiger charge is -2.25. The zero-order chi connectivity index (χ0) is 13.0. The van der Waals surface area contributed by atoms with Crippen molar-refractivity contribution in [2.24, 2.45) is 5.92 Å². The summed E-state index contributed by atoms with van der Waals surface area (Å²) in [6, 6.07) is -0.473. The topological polar surface area (TPSA) is 87.7 Å². The van der Waals surface area contributed by atoms with Gasteiger partial charge in [0.25, 0.3) is 0 Å². The van der Waals surface area contributed by atoms with E-state index in [-0.39, 0.29) is 24.5 Å². The van der Waals surface area contributed by atoms with Crippen LogP contribution in [0.4, 0.5) is 4.79 Å². The van der Waals surface area contributed by atoms with Gasteiger partial charge in [0, 0.05) is 12.6 Å². The smallest absolute Gasteiger partial charge is 0.315 e. The molecule has 6 heteroatoms. The van der Waals surface area contributed by atoms with Crippen LogP contribution in [0.15, 0.2) is 0 Å². The summed E-state index contributed by atoms with van der Waals surface area (Å²) in [6.45, 7) is 1.30. The lowest BCUT2D eigenvalue weighted by Crippen LogP contribution is -2.49. The van der Waals surface area contributed by atoms with E-state index in [9.17, 15) is 9.59 Å². The fourth-order valence-electron chi connectivity index (χ4n) is 2.27. The summed E-state index contributed by atoms with van der Waals surface area (Å²) in [6.07, 6.45) is 3.88. The first kappa shape index (κ1) is 13.1. The maximum absolute atomic E-state index is 11.8. The van der Waals surface area contributed by atoms with E-state index >= 15 is 0 Å². The van der Waals surface area contributed by atoms with Gasteiger partial charge in [0.2, 0.25) is 0 Å². The molecule has 1 heterocycles. The number of hydrogen-bond donors (Lipinski definition) is 3. The van der Waals surface area contributed by atoms with Crippen molar-refractivity contribution in [3.63, 3.8) is 0 Å². The van der Waals surface area contributed by atoms with E-state index in [1.165, 1.54) is 0 Å². The van der Waals surface area contributed by atoms with E-state index in [0.29, 0.717) is 12.5 Å². The molecule has 18 heavy (non-hydrogen) atoms. The molecule has 0 bridgehead atoms. The lowest BCUT2D eigenvalue weighted by atomic mass is 10.1. The maximum Gasteiger partial charge on any atom is 0.315 e. The normalized spacial score (nSPS) is 25.2. The van der Waals surface area contributed by atoms with E-state index in [4.69, 9.17) is 9.84 Å². The van der Waals surface area contributed by atoms with Gasteiger partial charge in [-0.1, -0.05) is 0 Å². The van der Waals surface area contributed by atoms with E-state index in [2.05, 4.69) is 10.6 Å². The summed E-state index contributed by atoms with van der Waals surface area (Å²) >= 11 is 0. The predicted molar refractivity (Wildman–Crippen MR) is 64.3 cm³/mol. The number of carbonyl (C=O) groups is 2. The van der Waals surface area contributed by atoms with Crippen molar-refractivity contribution in [3.05, 3.63) is 0 Å². The highest BCUT2D eigenvalue weighted by Gasteiger charge is 2.34. The molecule has 0 spiro atoms. The number of urea groups is 1. The van der Waals surface area contributed by atoms with Crippen LogP contribution in [-0.4, -0.2) is 42.4 Å². The highest BCUT2D eigenvalue weighted by molar-refractivity contribution is 5.76. The molecule has 0 radical (unpaired) electrons. The Bertz CT molecular complexity index is 311. The second-order valence-electron chi connectivity index (χ2n) is 5.07. The Labute approximate surface area is 106 Å². The van der Waals surface area contributed by atoms with E-state index < -0.39 is 5.97 Å². The summed E-state index contributed by atoms with van der Waals surface area (Å²) in [5.41, 5.74) is 0. The van der Waals surface area contributed by atoms with Crippen LogP contribution in [0.1, 0.15) is 32.1 Å². The zero-order valence-corrected chi connectivity index (χ0v) is 10.4. The minimum atomic E-state index is -0.867. The average Bonchev–Trinajstić information content (AvgIpc) is 3.12. The van der Waals surface area contributed by atoms with Gasteiger partial charge in [0.15, 0.2) is 0 Å². The third-order valence-corrected chi connectivity index (χ3v) is 3.40. The number of ether oxygens (including phenoxy) is 1. The van der Waals surface area contributed by atoms with Crippen LogP contribution < -0.4 is 10.6 Å². The molecule has 1 aliphatic heterocycles. The van der Waals surface area contributed by atoms with Crippen molar-refractivity contribution < 1.29 is 19.4 Å². The van der Waals surface area contributed by atoms with Gasteiger partial charge in [0.05, 0.1) is 19.1 Å². The Hall–Kier alpha value is -1.30. The summed E-state index contributed by atoms with van der Waals surface area (Å²) in [5.74, 6) is -0.539. The molecule has 0 aromatic carbocycles. The Morgan fingerprint density at radius 1 is 1.33 bits per heavy atom. The van der Waals surface area contributed by atoms with Crippen molar-refractivity contribution in [2.45, 2.75) is 44.2 Å². The molecule has 102 valence electrons. The van der Waals surface area contributed by atoms with Gasteiger partial charge in [-0.25, -0.2) is 4.79 Å². The first-order valence-electron chi connectivity index (χ1n) is 6.51. The molecular formula is C12H20N2O4. The first-order valence-corrected chi connectivity index (χ1v) is 6.51. The fraction of sp³-hybridized carbons (Fsp3) is 0.833. The van der Waals surface area contributed by atoms with E-state index in [1.807, 2.05) is 0 Å². The zero-order valence-electron chi connectivity index (χ0n) is 10.4. The predicted octanol–water partition coefficient (Wildman–Crippen LogP) is 0.718. The Balaban J connectivity index is 1.75. The molecule has 2 unspecified atom stereocenters. The average molecular weight is 256 g/mol. The number of amides is 2. The maximum atomic E-state index is 11.8. The third kappa shape index (κ3) is 4.18. The number of nitrogens with one attached hydrogen (secondary N) is 2. The SMILES string of the molecule is O=C(O)CC(NC(=O)NC1CCCOC1)C1CC1. The van der Waals surface area contributed by atoms with Crippen LogP contribution in [-0.2, 0) is 9.53 Å². The molecule has 1 saturated heterocycles. The van der Waals surface area contributed by atoms with Crippen molar-refractivity contribution in [3.8, 4) is 0 Å². The van der Waals surface area contributed by atoms with Gasteiger partial charge in [-0.3, -0.25) is 4.79 Å². The summed E-state index contributed by atoms with van der Waals surface area (Å²) < 4.78 is 5.28. The van der Waals surface area contributed by atoms with Crippen LogP contribution in [0.25, 0.3) is 0 Å². The largest absolute Gasteiger partial charge is 0.481 e. The highest BCUT2D eigenvalue weighted by atomic mass is 16.5. The minimum absolute atomic E-state index is 0.000741. The molecule has 0 aromatic heterocycles. The fourth-order valence-corrected chi connectivity index (χ4v) is 2.27. The van der Waals surface area contributed by atoms with E-state index in [1.54, 1.807) is 0 Å². The summed E-state index contributed by atoms with van der Waals surface area (Å²) in [7, 11) is 0. The van der Waals surface area contributed by atoms with Gasteiger partial charge in [-0.15, -0.1) is 0 Å². The lowest BCUT2D eigenvalue weighted by molar-refractivity contribution is -0.137. The molecule has 2 amide bonds. The van der Waals surface area contributed by atoms with Gasteiger partial charge in [-0.05, 0) is 31.6 Å². The summed E-state index contributed by atoms with van der Waals surface area (Å²) in [4.78, 5) is 22.5. The minimum Gasteiger partial charge on any atom is -0.481 e. The molecule has 0 aromatic rings. The summed E-state index contributed by atoms with van der Waals surface area (Å²) in [5, 5.41) is 14.4. The van der Waals surface area contributed by atoms with Crippen molar-refractivity contribution in [1.29, 1.82) is 0 Å². The Morgan fingerprint density at radius 3 is 2.67 bits per heavy atom. The molecule has 1 saturated carbocycles. The molecule has 2 aliphatic rings. The number of rotatable bonds is 5. The van der Waals surface area contributed by atoms with Gasteiger partial charge < -0.3 is 20.5 Å². The first-order chi connectivity index (χ1) is 8.65. The third-order valence-electron chi connectivity index (χ3n) is 3.40. The van der Waals surface area contributed by atoms with Gasteiger partial charge >= 0.3 is 12.0 Å². The molecule has 2 atom stereocenters. The molecule has 2 fully saturated rings. The van der Waals surface area contributed by atoms with Crippen LogP contribution >= 0.6 is 0 Å². The number of carboxylic acids is 1. The second kappa shape index (κ2) is 6.04. The van der Waals surface area contributed by atoms with Crippen molar-refractivity contribution >= 4 is 12.0 Å². The van der Waals surface area contributed by atoms with Crippen LogP contribution in [0, 0.1) is 5.92 Å².